The fraction of sp³-hybridized carbons (Fsp3) is 0.368. The molecule has 2 aromatic carbocycles. The van der Waals surface area contributed by atoms with E-state index >= 15 is 0 Å². The molecule has 0 aliphatic heterocycles. The predicted octanol–water partition coefficient (Wildman–Crippen LogP) is 4.17. The van der Waals surface area contributed by atoms with E-state index in [4.69, 9.17) is 0 Å². The summed E-state index contributed by atoms with van der Waals surface area (Å²) in [5, 5.41) is 13.9. The molecule has 0 aliphatic carbocycles. The first-order valence-corrected chi connectivity index (χ1v) is 7.74. The van der Waals surface area contributed by atoms with Gasteiger partial charge in [-0.3, -0.25) is 0 Å². The van der Waals surface area contributed by atoms with Crippen LogP contribution in [0.5, 0.6) is 0 Å². The van der Waals surface area contributed by atoms with Gasteiger partial charge in [0.05, 0.1) is 6.10 Å². The van der Waals surface area contributed by atoms with Crippen LogP contribution in [0, 0.1) is 0 Å². The van der Waals surface area contributed by atoms with E-state index in [0.29, 0.717) is 6.04 Å². The highest BCUT2D eigenvalue weighted by Gasteiger charge is 2.12. The third kappa shape index (κ3) is 4.69. The van der Waals surface area contributed by atoms with Crippen molar-refractivity contribution in [2.45, 2.75) is 38.8 Å². The van der Waals surface area contributed by atoms with Crippen molar-refractivity contribution in [2.24, 2.45) is 0 Å². The molecular weight excluding hydrogens is 258 g/mol. The van der Waals surface area contributed by atoms with Crippen LogP contribution in [-0.2, 0) is 0 Å². The maximum Gasteiger partial charge on any atom is 0.0796 e. The average molecular weight is 283 g/mol. The highest BCUT2D eigenvalue weighted by molar-refractivity contribution is 5.67. The lowest BCUT2D eigenvalue weighted by atomic mass is 9.94. The first-order valence-electron chi connectivity index (χ1n) is 7.74. The Morgan fingerprint density at radius 3 is 2.33 bits per heavy atom. The molecule has 0 spiro atoms. The largest absolute Gasteiger partial charge is 0.388 e. The molecule has 2 aromatic rings. The van der Waals surface area contributed by atoms with Gasteiger partial charge in [-0.2, -0.15) is 0 Å². The smallest absolute Gasteiger partial charge is 0.0796 e. The summed E-state index contributed by atoms with van der Waals surface area (Å²) in [6.07, 6.45) is 1.35. The zero-order valence-corrected chi connectivity index (χ0v) is 12.9. The molecule has 0 heterocycles. The molecule has 2 nitrogen and oxygen atoms in total. The molecule has 0 saturated carbocycles. The molecule has 21 heavy (non-hydrogen) atoms. The van der Waals surface area contributed by atoms with Crippen LogP contribution in [0.1, 0.15) is 38.4 Å². The summed E-state index contributed by atoms with van der Waals surface area (Å²) in [7, 11) is 0. The third-order valence-electron chi connectivity index (χ3n) is 3.61. The van der Waals surface area contributed by atoms with E-state index in [-0.39, 0.29) is 0 Å². The van der Waals surface area contributed by atoms with E-state index < -0.39 is 6.10 Å². The van der Waals surface area contributed by atoms with Gasteiger partial charge >= 0.3 is 0 Å². The minimum atomic E-state index is -0.407. The van der Waals surface area contributed by atoms with Crippen molar-refractivity contribution in [1.29, 1.82) is 0 Å². The number of hydrogen-bond acceptors (Lipinski definition) is 2. The van der Waals surface area contributed by atoms with Gasteiger partial charge < -0.3 is 10.4 Å². The fourth-order valence-electron chi connectivity index (χ4n) is 2.51. The maximum absolute atomic E-state index is 10.5. The van der Waals surface area contributed by atoms with Gasteiger partial charge in [-0.05, 0) is 36.1 Å². The van der Waals surface area contributed by atoms with Gasteiger partial charge in [0.1, 0.15) is 0 Å². The minimum absolute atomic E-state index is 0.407. The van der Waals surface area contributed by atoms with E-state index in [1.54, 1.807) is 0 Å². The second-order valence-electron chi connectivity index (χ2n) is 5.72. The van der Waals surface area contributed by atoms with E-state index in [1.807, 2.05) is 36.4 Å². The van der Waals surface area contributed by atoms with Gasteiger partial charge in [0.15, 0.2) is 0 Å². The zero-order chi connectivity index (χ0) is 15.1. The summed E-state index contributed by atoms with van der Waals surface area (Å²) < 4.78 is 0. The number of benzene rings is 2. The van der Waals surface area contributed by atoms with Crippen LogP contribution >= 0.6 is 0 Å². The Hall–Kier alpha value is -1.64. The van der Waals surface area contributed by atoms with Crippen LogP contribution in [-0.4, -0.2) is 17.7 Å². The minimum Gasteiger partial charge on any atom is -0.388 e. The Morgan fingerprint density at radius 1 is 0.952 bits per heavy atom. The lowest BCUT2D eigenvalue weighted by Crippen LogP contribution is -2.23. The van der Waals surface area contributed by atoms with Crippen LogP contribution < -0.4 is 5.32 Å². The van der Waals surface area contributed by atoms with Crippen LogP contribution in [0.3, 0.4) is 0 Å². The molecule has 0 radical (unpaired) electrons. The van der Waals surface area contributed by atoms with Gasteiger partial charge in [-0.1, -0.05) is 68.4 Å². The van der Waals surface area contributed by atoms with Crippen molar-refractivity contribution in [3.05, 3.63) is 60.2 Å². The van der Waals surface area contributed by atoms with Crippen molar-refractivity contribution < 1.29 is 5.11 Å². The van der Waals surface area contributed by atoms with Crippen molar-refractivity contribution >= 4 is 0 Å². The molecular formula is C19H25NO. The first-order chi connectivity index (χ1) is 10.2. The Kier molecular flexibility index (Phi) is 5.97. The molecule has 1 unspecified atom stereocenters. The van der Waals surface area contributed by atoms with E-state index in [1.165, 1.54) is 0 Å². The Bertz CT molecular complexity index is 536. The molecule has 2 N–H and O–H groups in total. The Labute approximate surface area is 127 Å². The van der Waals surface area contributed by atoms with Gasteiger partial charge in [0, 0.05) is 6.04 Å². The second kappa shape index (κ2) is 7.96. The highest BCUT2D eigenvalue weighted by Crippen LogP contribution is 2.30. The molecule has 1 atom stereocenters. The normalized spacial score (nSPS) is 12.6. The summed E-state index contributed by atoms with van der Waals surface area (Å²) in [6.45, 7) is 5.23. The standard InChI is InChI=1S/C19H25NO/c1-15(2)20-14-8-13-19(21)18-12-7-6-11-17(18)16-9-4-3-5-10-16/h3-7,9-12,15,19-21H,8,13-14H2,1-2H3. The summed E-state index contributed by atoms with van der Waals surface area (Å²) in [5.74, 6) is 0. The lowest BCUT2D eigenvalue weighted by molar-refractivity contribution is 0.164. The van der Waals surface area contributed by atoms with Crippen molar-refractivity contribution in [3.63, 3.8) is 0 Å². The maximum atomic E-state index is 10.5. The fourth-order valence-corrected chi connectivity index (χ4v) is 2.51. The van der Waals surface area contributed by atoms with E-state index in [0.717, 1.165) is 36.1 Å². The molecule has 112 valence electrons. The number of aliphatic hydroxyl groups excluding tert-OH is 1. The molecule has 0 aliphatic rings. The average Bonchev–Trinajstić information content (AvgIpc) is 2.52. The van der Waals surface area contributed by atoms with Gasteiger partial charge in [0.2, 0.25) is 0 Å². The molecule has 0 amide bonds. The number of aliphatic hydroxyl groups is 1. The molecule has 2 rings (SSSR count). The van der Waals surface area contributed by atoms with Crippen molar-refractivity contribution in [2.75, 3.05) is 6.54 Å². The summed E-state index contributed by atoms with van der Waals surface area (Å²) in [6, 6.07) is 18.9. The van der Waals surface area contributed by atoms with Gasteiger partial charge in [-0.25, -0.2) is 0 Å². The van der Waals surface area contributed by atoms with Crippen LogP contribution in [0.25, 0.3) is 11.1 Å². The number of nitrogens with one attached hydrogen (secondary N) is 1. The summed E-state index contributed by atoms with van der Waals surface area (Å²) in [4.78, 5) is 0. The molecule has 0 bridgehead atoms. The predicted molar refractivity (Wildman–Crippen MR) is 89.2 cm³/mol. The van der Waals surface area contributed by atoms with Crippen molar-refractivity contribution in [3.8, 4) is 11.1 Å². The van der Waals surface area contributed by atoms with Gasteiger partial charge in [0.25, 0.3) is 0 Å². The number of rotatable bonds is 7. The van der Waals surface area contributed by atoms with Gasteiger partial charge in [-0.15, -0.1) is 0 Å². The quantitative estimate of drug-likeness (QED) is 0.748. The first kappa shape index (κ1) is 15.7. The highest BCUT2D eigenvalue weighted by atomic mass is 16.3. The lowest BCUT2D eigenvalue weighted by Gasteiger charge is -2.16. The SMILES string of the molecule is CC(C)NCCCC(O)c1ccccc1-c1ccccc1. The summed E-state index contributed by atoms with van der Waals surface area (Å²) >= 11 is 0. The molecule has 2 heteroatoms. The molecule has 0 aromatic heterocycles. The van der Waals surface area contributed by atoms with Crippen LogP contribution in [0.2, 0.25) is 0 Å². The van der Waals surface area contributed by atoms with Crippen LogP contribution in [0.15, 0.2) is 54.6 Å². The monoisotopic (exact) mass is 283 g/mol. The summed E-state index contributed by atoms with van der Waals surface area (Å²) in [5.41, 5.74) is 3.31. The topological polar surface area (TPSA) is 32.3 Å². The Morgan fingerprint density at radius 2 is 1.62 bits per heavy atom. The van der Waals surface area contributed by atoms with Crippen molar-refractivity contribution in [1.82, 2.24) is 5.32 Å². The second-order valence-corrected chi connectivity index (χ2v) is 5.72. The van der Waals surface area contributed by atoms with E-state index in [9.17, 15) is 5.11 Å². The van der Waals surface area contributed by atoms with E-state index in [2.05, 4.69) is 37.4 Å². The zero-order valence-electron chi connectivity index (χ0n) is 12.9. The number of hydrogen-bond donors (Lipinski definition) is 2. The third-order valence-corrected chi connectivity index (χ3v) is 3.61. The molecule has 0 saturated heterocycles. The van der Waals surface area contributed by atoms with Crippen LogP contribution in [0.4, 0.5) is 0 Å². The molecule has 0 fully saturated rings. The Balaban J connectivity index is 2.06.